The number of aromatic carboxylic acids is 1. The Balaban J connectivity index is 2.75. The van der Waals surface area contributed by atoms with Gasteiger partial charge in [-0.25, -0.2) is 4.79 Å². The highest BCUT2D eigenvalue weighted by Gasteiger charge is 2.13. The molecule has 0 saturated heterocycles. The molecule has 0 spiro atoms. The first-order chi connectivity index (χ1) is 9.45. The molecule has 0 aliphatic heterocycles. The molecule has 1 aromatic rings. The smallest absolute Gasteiger partial charge is 0.335 e. The molecule has 0 fully saturated rings. The largest absolute Gasteiger partial charge is 0.478 e. The van der Waals surface area contributed by atoms with E-state index >= 15 is 0 Å². The lowest BCUT2D eigenvalue weighted by molar-refractivity contribution is 0.0697. The number of rotatable bonds is 8. The Hall–Kier alpha value is -1.06. The van der Waals surface area contributed by atoms with Crippen LogP contribution >= 0.6 is 11.6 Å². The van der Waals surface area contributed by atoms with Crippen LogP contribution in [0.1, 0.15) is 56.0 Å². The summed E-state index contributed by atoms with van der Waals surface area (Å²) in [5.74, 6) is -0.942. The van der Waals surface area contributed by atoms with Gasteiger partial charge in [0.05, 0.1) is 5.56 Å². The molecule has 112 valence electrons. The summed E-state index contributed by atoms with van der Waals surface area (Å²) in [6.45, 7) is 8.35. The Morgan fingerprint density at radius 2 is 2.05 bits per heavy atom. The van der Waals surface area contributed by atoms with Crippen molar-refractivity contribution in [3.8, 4) is 0 Å². The summed E-state index contributed by atoms with van der Waals surface area (Å²) in [5, 5.41) is 9.48. The number of hydrogen-bond donors (Lipinski definition) is 1. The quantitative estimate of drug-likeness (QED) is 0.721. The molecule has 0 atom stereocenters. The molecule has 0 radical (unpaired) electrons. The van der Waals surface area contributed by atoms with Gasteiger partial charge in [-0.3, -0.25) is 4.90 Å². The van der Waals surface area contributed by atoms with E-state index in [0.717, 1.165) is 18.7 Å². The first-order valence-electron chi connectivity index (χ1n) is 7.21. The molecule has 0 aromatic heterocycles. The SMILES string of the molecule is CCCCCN(Cc1ccc(C(=O)O)cc1Cl)C(C)C. The number of unbranched alkanes of at least 4 members (excludes halogenated alkanes) is 2. The van der Waals surface area contributed by atoms with Crippen molar-refractivity contribution in [3.05, 3.63) is 34.3 Å². The predicted octanol–water partition coefficient (Wildman–Crippen LogP) is 4.44. The van der Waals surface area contributed by atoms with E-state index in [1.807, 2.05) is 6.07 Å². The zero-order chi connectivity index (χ0) is 15.1. The lowest BCUT2D eigenvalue weighted by Gasteiger charge is -2.27. The molecular weight excluding hydrogens is 274 g/mol. The summed E-state index contributed by atoms with van der Waals surface area (Å²) < 4.78 is 0. The predicted molar refractivity (Wildman–Crippen MR) is 83.5 cm³/mol. The van der Waals surface area contributed by atoms with Crippen LogP contribution < -0.4 is 0 Å². The first-order valence-corrected chi connectivity index (χ1v) is 7.59. The van der Waals surface area contributed by atoms with Gasteiger partial charge in [0.25, 0.3) is 0 Å². The minimum atomic E-state index is -0.942. The fourth-order valence-corrected chi connectivity index (χ4v) is 2.35. The van der Waals surface area contributed by atoms with Gasteiger partial charge >= 0.3 is 5.97 Å². The van der Waals surface area contributed by atoms with Crippen molar-refractivity contribution in [2.24, 2.45) is 0 Å². The van der Waals surface area contributed by atoms with Crippen molar-refractivity contribution < 1.29 is 9.90 Å². The Labute approximate surface area is 126 Å². The molecule has 0 heterocycles. The van der Waals surface area contributed by atoms with Crippen LogP contribution in [0.4, 0.5) is 0 Å². The van der Waals surface area contributed by atoms with Crippen LogP contribution in [0.5, 0.6) is 0 Å². The second kappa shape index (κ2) is 8.28. The average molecular weight is 298 g/mol. The van der Waals surface area contributed by atoms with Gasteiger partial charge in [0.1, 0.15) is 0 Å². The third-order valence-corrected chi connectivity index (χ3v) is 3.80. The van der Waals surface area contributed by atoms with E-state index in [4.69, 9.17) is 16.7 Å². The highest BCUT2D eigenvalue weighted by atomic mass is 35.5. The minimum absolute atomic E-state index is 0.237. The van der Waals surface area contributed by atoms with Crippen LogP contribution in [-0.2, 0) is 6.54 Å². The molecule has 3 nitrogen and oxygen atoms in total. The highest BCUT2D eigenvalue weighted by Crippen LogP contribution is 2.21. The lowest BCUT2D eigenvalue weighted by atomic mass is 10.1. The molecule has 1 N–H and O–H groups in total. The van der Waals surface area contributed by atoms with Crippen molar-refractivity contribution >= 4 is 17.6 Å². The lowest BCUT2D eigenvalue weighted by Crippen LogP contribution is -2.31. The molecule has 1 rings (SSSR count). The van der Waals surface area contributed by atoms with Crippen LogP contribution in [0.2, 0.25) is 5.02 Å². The number of nitrogens with zero attached hydrogens (tertiary/aromatic N) is 1. The van der Waals surface area contributed by atoms with E-state index in [1.165, 1.54) is 25.3 Å². The molecule has 4 heteroatoms. The van der Waals surface area contributed by atoms with Crippen molar-refractivity contribution in [2.75, 3.05) is 6.54 Å². The summed E-state index contributed by atoms with van der Waals surface area (Å²) in [6, 6.07) is 5.42. The third-order valence-electron chi connectivity index (χ3n) is 3.45. The van der Waals surface area contributed by atoms with Crippen molar-refractivity contribution in [3.63, 3.8) is 0 Å². The van der Waals surface area contributed by atoms with Gasteiger partial charge in [0.2, 0.25) is 0 Å². The van der Waals surface area contributed by atoms with E-state index in [0.29, 0.717) is 11.1 Å². The van der Waals surface area contributed by atoms with Gasteiger partial charge in [-0.2, -0.15) is 0 Å². The zero-order valence-corrected chi connectivity index (χ0v) is 13.3. The average Bonchev–Trinajstić information content (AvgIpc) is 2.39. The maximum atomic E-state index is 10.9. The van der Waals surface area contributed by atoms with E-state index in [2.05, 4.69) is 25.7 Å². The van der Waals surface area contributed by atoms with Crippen molar-refractivity contribution in [1.29, 1.82) is 0 Å². The third kappa shape index (κ3) is 5.14. The Bertz CT molecular complexity index is 446. The van der Waals surface area contributed by atoms with Crippen molar-refractivity contribution in [2.45, 2.75) is 52.6 Å². The van der Waals surface area contributed by atoms with Gasteiger partial charge in [-0.15, -0.1) is 0 Å². The Morgan fingerprint density at radius 1 is 1.35 bits per heavy atom. The summed E-state index contributed by atoms with van der Waals surface area (Å²) in [5.41, 5.74) is 1.22. The number of benzene rings is 1. The van der Waals surface area contributed by atoms with E-state index in [1.54, 1.807) is 6.07 Å². The van der Waals surface area contributed by atoms with Gasteiger partial charge in [0.15, 0.2) is 0 Å². The summed E-state index contributed by atoms with van der Waals surface area (Å²) in [4.78, 5) is 13.3. The number of carboxylic acid groups (broad SMARTS) is 1. The maximum Gasteiger partial charge on any atom is 0.335 e. The number of halogens is 1. The van der Waals surface area contributed by atoms with Crippen LogP contribution in [0.15, 0.2) is 18.2 Å². The number of carbonyl (C=O) groups is 1. The first kappa shape index (κ1) is 17.0. The topological polar surface area (TPSA) is 40.5 Å². The molecular formula is C16H24ClNO2. The van der Waals surface area contributed by atoms with Crippen LogP contribution in [0, 0.1) is 0 Å². The molecule has 0 bridgehead atoms. The van der Waals surface area contributed by atoms with E-state index in [-0.39, 0.29) is 5.56 Å². The molecule has 0 saturated carbocycles. The molecule has 1 aromatic carbocycles. The zero-order valence-electron chi connectivity index (χ0n) is 12.5. The summed E-state index contributed by atoms with van der Waals surface area (Å²) in [7, 11) is 0. The monoisotopic (exact) mass is 297 g/mol. The van der Waals surface area contributed by atoms with E-state index < -0.39 is 5.97 Å². The second-order valence-corrected chi connectivity index (χ2v) is 5.79. The fraction of sp³-hybridized carbons (Fsp3) is 0.562. The molecule has 0 unspecified atom stereocenters. The van der Waals surface area contributed by atoms with Crippen molar-refractivity contribution in [1.82, 2.24) is 4.90 Å². The van der Waals surface area contributed by atoms with Crippen LogP contribution in [0.3, 0.4) is 0 Å². The molecule has 20 heavy (non-hydrogen) atoms. The summed E-state index contributed by atoms with van der Waals surface area (Å²) in [6.07, 6.45) is 3.62. The second-order valence-electron chi connectivity index (χ2n) is 5.38. The van der Waals surface area contributed by atoms with Crippen LogP contribution in [0.25, 0.3) is 0 Å². The maximum absolute atomic E-state index is 10.9. The van der Waals surface area contributed by atoms with Gasteiger partial charge in [-0.05, 0) is 44.5 Å². The summed E-state index contributed by atoms with van der Waals surface area (Å²) >= 11 is 6.19. The standard InChI is InChI=1S/C16H24ClNO2/c1-4-5-6-9-18(12(2)3)11-14-8-7-13(16(19)20)10-15(14)17/h7-8,10,12H,4-6,9,11H2,1-3H3,(H,19,20). The minimum Gasteiger partial charge on any atom is -0.478 e. The van der Waals surface area contributed by atoms with Crippen LogP contribution in [-0.4, -0.2) is 28.6 Å². The molecule has 0 aliphatic carbocycles. The van der Waals surface area contributed by atoms with Gasteiger partial charge < -0.3 is 5.11 Å². The normalized spacial score (nSPS) is 11.3. The molecule has 0 amide bonds. The van der Waals surface area contributed by atoms with E-state index in [9.17, 15) is 4.79 Å². The highest BCUT2D eigenvalue weighted by molar-refractivity contribution is 6.31. The Kier molecular flexibility index (Phi) is 7.03. The van der Waals surface area contributed by atoms with Gasteiger partial charge in [0, 0.05) is 17.6 Å². The molecule has 0 aliphatic rings. The number of hydrogen-bond acceptors (Lipinski definition) is 2. The fourth-order valence-electron chi connectivity index (χ4n) is 2.11. The number of carboxylic acids is 1. The Morgan fingerprint density at radius 3 is 2.55 bits per heavy atom. The van der Waals surface area contributed by atoms with Gasteiger partial charge in [-0.1, -0.05) is 37.4 Å².